The number of para-hydroxylation sites is 1. The molecule has 2 amide bonds. The summed E-state index contributed by atoms with van der Waals surface area (Å²) in [5.41, 5.74) is 3.55. The summed E-state index contributed by atoms with van der Waals surface area (Å²) >= 11 is 0. The van der Waals surface area contributed by atoms with Gasteiger partial charge in [0.25, 0.3) is 0 Å². The van der Waals surface area contributed by atoms with Crippen molar-refractivity contribution in [1.82, 2.24) is 14.8 Å². The molecule has 1 aromatic heterocycles. The maximum Gasteiger partial charge on any atom is 0.246 e. The van der Waals surface area contributed by atoms with Gasteiger partial charge in [0, 0.05) is 29.6 Å². The molecule has 0 spiro atoms. The topological polar surface area (TPSA) is 104 Å². The Hall–Kier alpha value is -3.72. The van der Waals surface area contributed by atoms with E-state index in [-0.39, 0.29) is 31.5 Å². The number of aliphatic hydroxyl groups excluding tert-OH is 1. The van der Waals surface area contributed by atoms with Crippen LogP contribution in [0, 0.1) is 0 Å². The van der Waals surface area contributed by atoms with Gasteiger partial charge >= 0.3 is 0 Å². The van der Waals surface area contributed by atoms with Gasteiger partial charge in [-0.1, -0.05) is 18.2 Å². The molecule has 1 fully saturated rings. The van der Waals surface area contributed by atoms with Gasteiger partial charge in [0.2, 0.25) is 17.6 Å². The van der Waals surface area contributed by atoms with Crippen molar-refractivity contribution in [3.05, 3.63) is 53.2 Å². The first-order valence-corrected chi connectivity index (χ1v) is 11.1. The molecule has 2 aliphatic rings. The van der Waals surface area contributed by atoms with Crippen molar-refractivity contribution in [1.29, 1.82) is 0 Å². The first-order chi connectivity index (χ1) is 16.5. The Morgan fingerprint density at radius 2 is 1.76 bits per heavy atom. The number of rotatable bonds is 6. The molecule has 34 heavy (non-hydrogen) atoms. The minimum atomic E-state index is -0.677. The summed E-state index contributed by atoms with van der Waals surface area (Å²) in [5, 5.41) is 10.4. The maximum atomic E-state index is 13.4. The van der Waals surface area contributed by atoms with Crippen molar-refractivity contribution in [2.24, 2.45) is 0 Å². The number of methoxy groups -OCH3 is 3. The molecule has 2 aromatic carbocycles. The SMILES string of the molecule is COc1cc(C2c3[nH]c4ccccc4c3C[C@@H]3C(=O)N(CCO)CC(=O)N23)cc(OC)c1OC. The number of nitrogens with zero attached hydrogens (tertiary/aromatic N) is 2. The molecule has 0 bridgehead atoms. The standard InChI is InChI=1S/C25H27N3O6/c1-32-19-10-14(11-20(33-2)24(19)34-3)23-22-16(15-6-4-5-7-17(15)26-22)12-18-25(31)27(8-9-29)13-21(30)28(18)23/h4-7,10-11,18,23,26,29H,8-9,12-13H2,1-3H3/t18-,23?/m1/s1. The molecule has 3 aromatic rings. The Balaban J connectivity index is 1.74. The lowest BCUT2D eigenvalue weighted by molar-refractivity contribution is -0.159. The number of aromatic amines is 1. The molecule has 5 rings (SSSR count). The third kappa shape index (κ3) is 3.27. The minimum Gasteiger partial charge on any atom is -0.493 e. The highest BCUT2D eigenvalue weighted by atomic mass is 16.5. The molecular weight excluding hydrogens is 438 g/mol. The van der Waals surface area contributed by atoms with Gasteiger partial charge in [-0.2, -0.15) is 0 Å². The van der Waals surface area contributed by atoms with Crippen molar-refractivity contribution in [3.8, 4) is 17.2 Å². The molecule has 178 valence electrons. The second-order valence-electron chi connectivity index (χ2n) is 8.43. The number of fused-ring (bicyclic) bond motifs is 4. The van der Waals surface area contributed by atoms with E-state index in [0.29, 0.717) is 23.7 Å². The summed E-state index contributed by atoms with van der Waals surface area (Å²) in [4.78, 5) is 33.5. The van der Waals surface area contributed by atoms with Crippen LogP contribution in [0.5, 0.6) is 17.2 Å². The van der Waals surface area contributed by atoms with Crippen molar-refractivity contribution >= 4 is 22.7 Å². The van der Waals surface area contributed by atoms with E-state index in [2.05, 4.69) is 4.98 Å². The summed E-state index contributed by atoms with van der Waals surface area (Å²) in [5.74, 6) is 1.04. The first-order valence-electron chi connectivity index (χ1n) is 11.1. The number of H-pyrrole nitrogens is 1. The molecule has 2 atom stereocenters. The molecule has 0 radical (unpaired) electrons. The monoisotopic (exact) mass is 465 g/mol. The number of aromatic nitrogens is 1. The Kier molecular flexibility index (Phi) is 5.57. The lowest BCUT2D eigenvalue weighted by atomic mass is 9.86. The van der Waals surface area contributed by atoms with Gasteiger partial charge < -0.3 is 34.1 Å². The smallest absolute Gasteiger partial charge is 0.246 e. The van der Waals surface area contributed by atoms with Gasteiger partial charge in [-0.25, -0.2) is 0 Å². The number of β-amino-alcohol motifs (C(OH)–C–C–N with tert-alkyl or cyclic N) is 1. The number of piperazine rings is 1. The van der Waals surface area contributed by atoms with Crippen LogP contribution in [0.15, 0.2) is 36.4 Å². The van der Waals surface area contributed by atoms with Crippen LogP contribution >= 0.6 is 0 Å². The average Bonchev–Trinajstić information content (AvgIpc) is 3.23. The van der Waals surface area contributed by atoms with Gasteiger partial charge in [0.1, 0.15) is 6.04 Å². The van der Waals surface area contributed by atoms with Gasteiger partial charge in [-0.05, 0) is 29.3 Å². The third-order valence-corrected chi connectivity index (χ3v) is 6.72. The number of carbonyl (C=O) groups is 2. The highest BCUT2D eigenvalue weighted by molar-refractivity contribution is 5.97. The zero-order valence-electron chi connectivity index (χ0n) is 19.3. The van der Waals surface area contributed by atoms with E-state index in [1.165, 1.54) is 12.0 Å². The Bertz CT molecular complexity index is 1240. The van der Waals surface area contributed by atoms with E-state index in [4.69, 9.17) is 14.2 Å². The summed E-state index contributed by atoms with van der Waals surface area (Å²) in [7, 11) is 4.62. The van der Waals surface area contributed by atoms with Crippen molar-refractivity contribution in [2.75, 3.05) is 41.0 Å². The molecule has 2 N–H and O–H groups in total. The van der Waals surface area contributed by atoms with E-state index >= 15 is 0 Å². The van der Waals surface area contributed by atoms with Crippen LogP contribution in [-0.4, -0.2) is 78.8 Å². The van der Waals surface area contributed by atoms with E-state index in [9.17, 15) is 14.7 Å². The lowest BCUT2D eigenvalue weighted by Gasteiger charge is -2.47. The zero-order chi connectivity index (χ0) is 24.0. The van der Waals surface area contributed by atoms with Crippen molar-refractivity contribution < 1.29 is 28.9 Å². The number of aliphatic hydroxyl groups is 1. The Labute approximate surface area is 196 Å². The van der Waals surface area contributed by atoms with E-state index in [1.807, 2.05) is 36.4 Å². The second-order valence-corrected chi connectivity index (χ2v) is 8.43. The molecule has 9 nitrogen and oxygen atoms in total. The molecule has 1 unspecified atom stereocenters. The number of benzene rings is 2. The van der Waals surface area contributed by atoms with Crippen LogP contribution < -0.4 is 14.2 Å². The zero-order valence-corrected chi connectivity index (χ0v) is 19.3. The van der Waals surface area contributed by atoms with Gasteiger partial charge in [0.05, 0.1) is 40.5 Å². The quantitative estimate of drug-likeness (QED) is 0.576. The van der Waals surface area contributed by atoms with Crippen LogP contribution in [0.4, 0.5) is 0 Å². The van der Waals surface area contributed by atoms with Crippen LogP contribution in [0.2, 0.25) is 0 Å². The van der Waals surface area contributed by atoms with Crippen LogP contribution in [0.3, 0.4) is 0 Å². The fourth-order valence-corrected chi connectivity index (χ4v) is 5.24. The fraction of sp³-hybridized carbons (Fsp3) is 0.360. The van der Waals surface area contributed by atoms with Crippen LogP contribution in [0.25, 0.3) is 10.9 Å². The average molecular weight is 466 g/mol. The van der Waals surface area contributed by atoms with Crippen LogP contribution in [0.1, 0.15) is 22.9 Å². The highest BCUT2D eigenvalue weighted by Gasteiger charge is 2.48. The Morgan fingerprint density at radius 3 is 2.41 bits per heavy atom. The van der Waals surface area contributed by atoms with Gasteiger partial charge in [-0.15, -0.1) is 0 Å². The molecule has 1 saturated heterocycles. The number of hydrogen-bond donors (Lipinski definition) is 2. The number of ether oxygens (including phenoxy) is 3. The predicted molar refractivity (Wildman–Crippen MR) is 124 cm³/mol. The lowest BCUT2D eigenvalue weighted by Crippen LogP contribution is -2.63. The highest BCUT2D eigenvalue weighted by Crippen LogP contribution is 2.46. The second kappa shape index (κ2) is 8.57. The summed E-state index contributed by atoms with van der Waals surface area (Å²) in [6.07, 6.45) is 0.396. The van der Waals surface area contributed by atoms with E-state index in [1.54, 1.807) is 19.1 Å². The number of carbonyl (C=O) groups excluding carboxylic acids is 2. The first kappa shape index (κ1) is 22.1. The molecule has 3 heterocycles. The number of hydrogen-bond acceptors (Lipinski definition) is 6. The van der Waals surface area contributed by atoms with Crippen molar-refractivity contribution in [3.63, 3.8) is 0 Å². The molecule has 9 heteroatoms. The summed E-state index contributed by atoms with van der Waals surface area (Å²) < 4.78 is 16.6. The number of amides is 2. The summed E-state index contributed by atoms with van der Waals surface area (Å²) in [6, 6.07) is 10.3. The van der Waals surface area contributed by atoms with E-state index < -0.39 is 12.1 Å². The largest absolute Gasteiger partial charge is 0.493 e. The maximum absolute atomic E-state index is 13.4. The van der Waals surface area contributed by atoms with Gasteiger partial charge in [-0.3, -0.25) is 9.59 Å². The third-order valence-electron chi connectivity index (χ3n) is 6.72. The molecule has 0 saturated carbocycles. The fourth-order valence-electron chi connectivity index (χ4n) is 5.24. The molecule has 0 aliphatic carbocycles. The van der Waals surface area contributed by atoms with Gasteiger partial charge in [0.15, 0.2) is 11.5 Å². The molecule has 2 aliphatic heterocycles. The predicted octanol–water partition coefficient (Wildman–Crippen LogP) is 1.87. The van der Waals surface area contributed by atoms with Crippen molar-refractivity contribution in [2.45, 2.75) is 18.5 Å². The molecular formula is C25H27N3O6. The minimum absolute atomic E-state index is 0.0770. The van der Waals surface area contributed by atoms with E-state index in [0.717, 1.165) is 27.7 Å². The Morgan fingerprint density at radius 1 is 1.06 bits per heavy atom. The number of nitrogens with one attached hydrogen (secondary N) is 1. The summed E-state index contributed by atoms with van der Waals surface area (Å²) in [6.45, 7) is -0.142. The normalized spacial score (nSPS) is 19.8. The van der Waals surface area contributed by atoms with Crippen LogP contribution in [-0.2, 0) is 16.0 Å².